The number of rotatable bonds is 1. The third-order valence-electron chi connectivity index (χ3n) is 13.7. The molecule has 36 heavy (non-hydrogen) atoms. The molecule has 4 heteroatoms. The van der Waals surface area contributed by atoms with Gasteiger partial charge in [0.1, 0.15) is 5.76 Å². The van der Waals surface area contributed by atoms with Crippen molar-refractivity contribution >= 4 is 11.8 Å². The smallest absolute Gasteiger partial charge is 0.307 e. The molecule has 2 bridgehead atoms. The van der Waals surface area contributed by atoms with Gasteiger partial charge in [-0.25, -0.2) is 0 Å². The van der Waals surface area contributed by atoms with E-state index in [1.54, 1.807) is 6.08 Å². The van der Waals surface area contributed by atoms with E-state index in [9.17, 15) is 9.59 Å². The van der Waals surface area contributed by atoms with E-state index in [0.717, 1.165) is 32.0 Å². The fourth-order valence-corrected chi connectivity index (χ4v) is 11.6. The standard InChI is InChI=1S/C32H48O4/c1-20-23(36-21(2)33)16-22(34)26-29(20,6)9-8-24-31(26)14-13-30(7)25-17-27(3,4)10-11-28(25,5)12-15-32(24,30)19-35-18-31/h16,20,24-26H,8-15,17-19H2,1-7H3. The first-order chi connectivity index (χ1) is 16.7. The molecule has 1 aliphatic heterocycles. The second kappa shape index (κ2) is 7.48. The van der Waals surface area contributed by atoms with E-state index in [0.29, 0.717) is 22.5 Å². The summed E-state index contributed by atoms with van der Waals surface area (Å²) in [6, 6.07) is 0. The summed E-state index contributed by atoms with van der Waals surface area (Å²) in [7, 11) is 0. The molecule has 5 fully saturated rings. The molecule has 1 saturated heterocycles. The van der Waals surface area contributed by atoms with Crippen molar-refractivity contribution in [2.24, 2.45) is 56.2 Å². The Morgan fingerprint density at radius 1 is 0.944 bits per heavy atom. The Hall–Kier alpha value is -1.16. The fraction of sp³-hybridized carbons (Fsp3) is 0.875. The molecule has 9 atom stereocenters. The van der Waals surface area contributed by atoms with Crippen LogP contribution in [0.1, 0.15) is 106 Å². The summed E-state index contributed by atoms with van der Waals surface area (Å²) in [6.07, 6.45) is 12.8. The second-order valence-electron chi connectivity index (χ2n) is 15.7. The molecule has 0 amide bonds. The van der Waals surface area contributed by atoms with Crippen LogP contribution in [-0.2, 0) is 19.1 Å². The van der Waals surface area contributed by atoms with Gasteiger partial charge in [0.15, 0.2) is 5.78 Å². The van der Waals surface area contributed by atoms with Crippen LogP contribution in [0, 0.1) is 56.2 Å². The minimum atomic E-state index is -0.330. The Labute approximate surface area is 218 Å². The molecule has 1 spiro atoms. The van der Waals surface area contributed by atoms with Crippen molar-refractivity contribution in [3.63, 3.8) is 0 Å². The first kappa shape index (κ1) is 25.1. The number of ketones is 1. The quantitative estimate of drug-likeness (QED) is 0.363. The Morgan fingerprint density at radius 2 is 1.67 bits per heavy atom. The summed E-state index contributed by atoms with van der Waals surface area (Å²) in [5.41, 5.74) is 1.000. The van der Waals surface area contributed by atoms with Crippen LogP contribution in [0.2, 0.25) is 0 Å². The summed E-state index contributed by atoms with van der Waals surface area (Å²) in [5, 5.41) is 0. The summed E-state index contributed by atoms with van der Waals surface area (Å²) >= 11 is 0. The molecule has 9 unspecified atom stereocenters. The molecule has 6 aliphatic rings. The average molecular weight is 497 g/mol. The molecule has 5 aliphatic carbocycles. The van der Waals surface area contributed by atoms with Crippen molar-refractivity contribution in [3.05, 3.63) is 11.8 Å². The topological polar surface area (TPSA) is 52.6 Å². The molecule has 0 N–H and O–H groups in total. The van der Waals surface area contributed by atoms with Gasteiger partial charge in [-0.3, -0.25) is 9.59 Å². The predicted octanol–water partition coefficient (Wildman–Crippen LogP) is 7.11. The van der Waals surface area contributed by atoms with E-state index in [2.05, 4.69) is 41.5 Å². The van der Waals surface area contributed by atoms with Gasteiger partial charge in [-0.2, -0.15) is 0 Å². The zero-order valence-electron chi connectivity index (χ0n) is 23.8. The second-order valence-corrected chi connectivity index (χ2v) is 15.7. The summed E-state index contributed by atoms with van der Waals surface area (Å²) in [6.45, 7) is 17.7. The van der Waals surface area contributed by atoms with Crippen molar-refractivity contribution in [3.8, 4) is 0 Å². The zero-order chi connectivity index (χ0) is 25.9. The van der Waals surface area contributed by atoms with E-state index in [1.807, 2.05) is 0 Å². The highest BCUT2D eigenvalue weighted by Crippen LogP contribution is 2.79. The van der Waals surface area contributed by atoms with Gasteiger partial charge in [-0.15, -0.1) is 0 Å². The largest absolute Gasteiger partial charge is 0.431 e. The van der Waals surface area contributed by atoms with Gasteiger partial charge < -0.3 is 9.47 Å². The van der Waals surface area contributed by atoms with E-state index >= 15 is 0 Å². The van der Waals surface area contributed by atoms with Crippen LogP contribution in [0.15, 0.2) is 11.8 Å². The lowest BCUT2D eigenvalue weighted by Crippen LogP contribution is -2.73. The van der Waals surface area contributed by atoms with Gasteiger partial charge in [0.2, 0.25) is 0 Å². The van der Waals surface area contributed by atoms with Gasteiger partial charge in [0, 0.05) is 35.7 Å². The molecule has 0 aromatic heterocycles. The molecular formula is C32H48O4. The van der Waals surface area contributed by atoms with Gasteiger partial charge in [-0.1, -0.05) is 41.5 Å². The van der Waals surface area contributed by atoms with Crippen LogP contribution in [0.3, 0.4) is 0 Å². The summed E-state index contributed by atoms with van der Waals surface area (Å²) in [4.78, 5) is 25.8. The van der Waals surface area contributed by atoms with Gasteiger partial charge in [0.05, 0.1) is 13.2 Å². The third-order valence-corrected chi connectivity index (χ3v) is 13.7. The first-order valence-corrected chi connectivity index (χ1v) is 14.7. The maximum atomic E-state index is 14.0. The number of esters is 1. The zero-order valence-corrected chi connectivity index (χ0v) is 23.8. The third kappa shape index (κ3) is 2.97. The molecule has 0 radical (unpaired) electrons. The van der Waals surface area contributed by atoms with Crippen molar-refractivity contribution in [1.82, 2.24) is 0 Å². The molecule has 200 valence electrons. The molecule has 4 nitrogen and oxygen atoms in total. The summed E-state index contributed by atoms with van der Waals surface area (Å²) < 4.78 is 12.3. The lowest BCUT2D eigenvalue weighted by atomic mass is 9.29. The van der Waals surface area contributed by atoms with E-state index in [1.165, 1.54) is 51.9 Å². The molecule has 6 rings (SSSR count). The normalized spacial score (nSPS) is 53.2. The fourth-order valence-electron chi connectivity index (χ4n) is 11.6. The number of carbonyl (C=O) groups excluding carboxylic acids is 2. The SMILES string of the molecule is CC(=O)OC1=CC(=O)C2C(C)(CCC3C24CCC2(C)C5CC(C)(C)CCC5(C)CCC32COC4)C1C. The Balaban J connectivity index is 1.44. The number of hydrogen-bond acceptors (Lipinski definition) is 4. The summed E-state index contributed by atoms with van der Waals surface area (Å²) in [5.74, 6) is 1.71. The van der Waals surface area contributed by atoms with Gasteiger partial charge >= 0.3 is 5.97 Å². The predicted molar refractivity (Wildman–Crippen MR) is 140 cm³/mol. The molecular weight excluding hydrogens is 448 g/mol. The molecule has 1 heterocycles. The Morgan fingerprint density at radius 3 is 2.39 bits per heavy atom. The van der Waals surface area contributed by atoms with E-state index < -0.39 is 0 Å². The molecule has 0 aromatic carbocycles. The highest BCUT2D eigenvalue weighted by Gasteiger charge is 2.75. The average Bonchev–Trinajstić information content (AvgIpc) is 2.79. The lowest BCUT2D eigenvalue weighted by molar-refractivity contribution is -0.315. The Kier molecular flexibility index (Phi) is 5.22. The number of ether oxygens (including phenoxy) is 2. The molecule has 0 aromatic rings. The van der Waals surface area contributed by atoms with Crippen LogP contribution in [-0.4, -0.2) is 25.0 Å². The highest BCUT2D eigenvalue weighted by molar-refractivity contribution is 5.95. The van der Waals surface area contributed by atoms with Crippen LogP contribution in [0.5, 0.6) is 0 Å². The minimum absolute atomic E-state index is 0.0455. The molecule has 4 saturated carbocycles. The van der Waals surface area contributed by atoms with E-state index in [4.69, 9.17) is 9.47 Å². The van der Waals surface area contributed by atoms with Crippen LogP contribution < -0.4 is 0 Å². The monoisotopic (exact) mass is 496 g/mol. The van der Waals surface area contributed by atoms with E-state index in [-0.39, 0.29) is 45.2 Å². The number of fused-ring (bicyclic) bond motifs is 3. The van der Waals surface area contributed by atoms with Crippen molar-refractivity contribution < 1.29 is 19.1 Å². The highest BCUT2D eigenvalue weighted by atomic mass is 16.5. The van der Waals surface area contributed by atoms with Crippen LogP contribution in [0.25, 0.3) is 0 Å². The van der Waals surface area contributed by atoms with Gasteiger partial charge in [-0.05, 0) is 91.3 Å². The maximum absolute atomic E-state index is 14.0. The number of hydrogen-bond donors (Lipinski definition) is 0. The van der Waals surface area contributed by atoms with Crippen LogP contribution in [0.4, 0.5) is 0 Å². The van der Waals surface area contributed by atoms with Crippen LogP contribution >= 0.6 is 0 Å². The van der Waals surface area contributed by atoms with Gasteiger partial charge in [0.25, 0.3) is 0 Å². The van der Waals surface area contributed by atoms with Crippen molar-refractivity contribution in [1.29, 1.82) is 0 Å². The number of carbonyl (C=O) groups is 2. The minimum Gasteiger partial charge on any atom is -0.431 e. The Bertz CT molecular complexity index is 1030. The maximum Gasteiger partial charge on any atom is 0.307 e. The van der Waals surface area contributed by atoms with Crippen molar-refractivity contribution in [2.45, 2.75) is 106 Å². The number of allylic oxidation sites excluding steroid dienone is 2. The lowest BCUT2D eigenvalue weighted by Gasteiger charge is -2.76. The van der Waals surface area contributed by atoms with Crippen molar-refractivity contribution in [2.75, 3.05) is 13.2 Å². The first-order valence-electron chi connectivity index (χ1n) is 14.7.